The van der Waals surface area contributed by atoms with E-state index in [0.29, 0.717) is 5.92 Å². The second-order valence-corrected chi connectivity index (χ2v) is 3.63. The molecule has 2 rings (SSSR count). The van der Waals surface area contributed by atoms with Crippen molar-refractivity contribution in [3.63, 3.8) is 0 Å². The van der Waals surface area contributed by atoms with Crippen LogP contribution >= 0.6 is 0 Å². The Morgan fingerprint density at radius 3 is 3.08 bits per heavy atom. The first-order valence-corrected chi connectivity index (χ1v) is 4.96. The minimum atomic E-state index is 0.612. The highest BCUT2D eigenvalue weighted by molar-refractivity contribution is 5.00. The zero-order valence-electron chi connectivity index (χ0n) is 8.03. The Labute approximate surface area is 78.1 Å². The highest BCUT2D eigenvalue weighted by atomic mass is 15.3. The average Bonchev–Trinajstić information content (AvgIpc) is 2.59. The summed E-state index contributed by atoms with van der Waals surface area (Å²) in [5, 5.41) is 8.34. The first-order valence-electron chi connectivity index (χ1n) is 4.96. The Kier molecular flexibility index (Phi) is 2.31. The van der Waals surface area contributed by atoms with Crippen LogP contribution in [0.15, 0.2) is 0 Å². The monoisotopic (exact) mass is 180 g/mol. The fourth-order valence-corrected chi connectivity index (χ4v) is 1.92. The van der Waals surface area contributed by atoms with Crippen molar-refractivity contribution in [1.82, 2.24) is 14.8 Å². The molecule has 13 heavy (non-hydrogen) atoms. The summed E-state index contributed by atoms with van der Waals surface area (Å²) in [6, 6.07) is 0. The van der Waals surface area contributed by atoms with Crippen molar-refractivity contribution in [3.05, 3.63) is 11.6 Å². The van der Waals surface area contributed by atoms with Gasteiger partial charge in [-0.15, -0.1) is 10.2 Å². The zero-order chi connectivity index (χ0) is 9.26. The normalized spacial score (nSPS) is 21.5. The molecule has 2 N–H and O–H groups in total. The lowest BCUT2D eigenvalue weighted by Crippen LogP contribution is -2.26. The van der Waals surface area contributed by atoms with E-state index in [9.17, 15) is 0 Å². The molecular formula is C9H16N4. The third-order valence-electron chi connectivity index (χ3n) is 2.79. The summed E-state index contributed by atoms with van der Waals surface area (Å²) in [5.74, 6) is 2.85. The van der Waals surface area contributed by atoms with Gasteiger partial charge in [-0.1, -0.05) is 6.92 Å². The highest BCUT2D eigenvalue weighted by Gasteiger charge is 2.20. The van der Waals surface area contributed by atoms with E-state index in [1.807, 2.05) is 0 Å². The third kappa shape index (κ3) is 1.46. The summed E-state index contributed by atoms with van der Waals surface area (Å²) in [5.41, 5.74) is 5.64. The summed E-state index contributed by atoms with van der Waals surface area (Å²) < 4.78 is 2.24. The van der Waals surface area contributed by atoms with E-state index in [0.717, 1.165) is 37.6 Å². The van der Waals surface area contributed by atoms with Crippen molar-refractivity contribution in [2.45, 2.75) is 32.7 Å². The van der Waals surface area contributed by atoms with Gasteiger partial charge in [0.05, 0.1) is 0 Å². The van der Waals surface area contributed by atoms with Gasteiger partial charge in [0.25, 0.3) is 0 Å². The van der Waals surface area contributed by atoms with Crippen LogP contribution in [0.5, 0.6) is 0 Å². The lowest BCUT2D eigenvalue weighted by Gasteiger charge is -2.21. The topological polar surface area (TPSA) is 56.7 Å². The minimum absolute atomic E-state index is 0.612. The highest BCUT2D eigenvalue weighted by Crippen LogP contribution is 2.19. The molecule has 0 saturated heterocycles. The smallest absolute Gasteiger partial charge is 0.133 e. The molecule has 72 valence electrons. The number of aryl methyl sites for hydroxylation is 1. The predicted molar refractivity (Wildman–Crippen MR) is 50.3 cm³/mol. The largest absolute Gasteiger partial charge is 0.330 e. The number of fused-ring (bicyclic) bond motifs is 1. The second kappa shape index (κ2) is 3.46. The lowest BCUT2D eigenvalue weighted by molar-refractivity contribution is 0.384. The van der Waals surface area contributed by atoms with E-state index in [1.54, 1.807) is 0 Å². The molecule has 1 aromatic rings. The fraction of sp³-hybridized carbons (Fsp3) is 0.778. The molecular weight excluding hydrogens is 164 g/mol. The number of rotatable bonds is 2. The van der Waals surface area contributed by atoms with Crippen molar-refractivity contribution in [2.75, 3.05) is 6.54 Å². The first kappa shape index (κ1) is 8.69. The van der Waals surface area contributed by atoms with Crippen molar-refractivity contribution >= 4 is 0 Å². The molecule has 4 heteroatoms. The van der Waals surface area contributed by atoms with Crippen LogP contribution in [-0.2, 0) is 19.4 Å². The Morgan fingerprint density at radius 1 is 1.54 bits per heavy atom. The van der Waals surface area contributed by atoms with E-state index in [1.165, 1.54) is 6.42 Å². The lowest BCUT2D eigenvalue weighted by atomic mass is 9.98. The van der Waals surface area contributed by atoms with Gasteiger partial charge in [-0.25, -0.2) is 0 Å². The van der Waals surface area contributed by atoms with Gasteiger partial charge in [0.15, 0.2) is 0 Å². The van der Waals surface area contributed by atoms with Crippen LogP contribution < -0.4 is 5.73 Å². The molecule has 0 unspecified atom stereocenters. The predicted octanol–water partition coefficient (Wildman–Crippen LogP) is 0.362. The van der Waals surface area contributed by atoms with Gasteiger partial charge in [-0.3, -0.25) is 0 Å². The second-order valence-electron chi connectivity index (χ2n) is 3.63. The maximum Gasteiger partial charge on any atom is 0.133 e. The van der Waals surface area contributed by atoms with Crippen LogP contribution in [0.1, 0.15) is 25.0 Å². The molecule has 0 fully saturated rings. The Hall–Kier alpha value is -0.900. The standard InChI is InChI=1S/C9H16N4/c1-2-8-11-12-9-5-7(6-10)3-4-13(8)9/h7H,2-6,10H2,1H3/t7-/m0/s1. The molecule has 1 aliphatic rings. The van der Waals surface area contributed by atoms with Crippen LogP contribution in [0.25, 0.3) is 0 Å². The first-order chi connectivity index (χ1) is 6.35. The van der Waals surface area contributed by atoms with Gasteiger partial charge in [0.2, 0.25) is 0 Å². The molecule has 4 nitrogen and oxygen atoms in total. The third-order valence-corrected chi connectivity index (χ3v) is 2.79. The van der Waals surface area contributed by atoms with Crippen molar-refractivity contribution < 1.29 is 0 Å². The molecule has 0 saturated carbocycles. The number of hydrogen-bond acceptors (Lipinski definition) is 3. The van der Waals surface area contributed by atoms with Crippen molar-refractivity contribution in [3.8, 4) is 0 Å². The molecule has 0 bridgehead atoms. The van der Waals surface area contributed by atoms with Crippen molar-refractivity contribution in [2.24, 2.45) is 11.7 Å². The molecule has 0 spiro atoms. The van der Waals surface area contributed by atoms with Gasteiger partial charge in [-0.2, -0.15) is 0 Å². The molecule has 0 aliphatic carbocycles. The summed E-state index contributed by atoms with van der Waals surface area (Å²) >= 11 is 0. The zero-order valence-corrected chi connectivity index (χ0v) is 8.03. The van der Waals surface area contributed by atoms with Crippen LogP contribution in [0.3, 0.4) is 0 Å². The molecule has 1 aromatic heterocycles. The Morgan fingerprint density at radius 2 is 2.38 bits per heavy atom. The van der Waals surface area contributed by atoms with E-state index in [2.05, 4.69) is 21.7 Å². The molecule has 0 radical (unpaired) electrons. The maximum atomic E-state index is 5.64. The summed E-state index contributed by atoms with van der Waals surface area (Å²) in [4.78, 5) is 0. The SMILES string of the molecule is CCc1nnc2n1CC[C@H](CN)C2. The van der Waals surface area contributed by atoms with E-state index in [4.69, 9.17) is 5.73 Å². The maximum absolute atomic E-state index is 5.64. The average molecular weight is 180 g/mol. The van der Waals surface area contributed by atoms with Crippen molar-refractivity contribution in [1.29, 1.82) is 0 Å². The summed E-state index contributed by atoms with van der Waals surface area (Å²) in [7, 11) is 0. The van der Waals surface area contributed by atoms with Crippen LogP contribution in [-0.4, -0.2) is 21.3 Å². The molecule has 0 aromatic carbocycles. The number of nitrogens with zero attached hydrogens (tertiary/aromatic N) is 3. The van der Waals surface area contributed by atoms with Crippen LogP contribution in [0, 0.1) is 5.92 Å². The van der Waals surface area contributed by atoms with Crippen LogP contribution in [0.4, 0.5) is 0 Å². The minimum Gasteiger partial charge on any atom is -0.330 e. The van der Waals surface area contributed by atoms with Gasteiger partial charge in [-0.05, 0) is 18.9 Å². The molecule has 1 aliphatic heterocycles. The summed E-state index contributed by atoms with van der Waals surface area (Å²) in [6.07, 6.45) is 3.15. The van der Waals surface area contributed by atoms with Crippen LogP contribution in [0.2, 0.25) is 0 Å². The van der Waals surface area contributed by atoms with E-state index >= 15 is 0 Å². The number of hydrogen-bond donors (Lipinski definition) is 1. The number of nitrogens with two attached hydrogens (primary N) is 1. The summed E-state index contributed by atoms with van der Waals surface area (Å²) in [6.45, 7) is 3.94. The fourth-order valence-electron chi connectivity index (χ4n) is 1.92. The Bertz CT molecular complexity index is 292. The molecule has 1 atom stereocenters. The quantitative estimate of drug-likeness (QED) is 0.715. The van der Waals surface area contributed by atoms with E-state index in [-0.39, 0.29) is 0 Å². The molecule has 2 heterocycles. The van der Waals surface area contributed by atoms with Gasteiger partial charge in [0, 0.05) is 19.4 Å². The van der Waals surface area contributed by atoms with E-state index < -0.39 is 0 Å². The number of aromatic nitrogens is 3. The van der Waals surface area contributed by atoms with Gasteiger partial charge in [0.1, 0.15) is 11.6 Å². The van der Waals surface area contributed by atoms with Gasteiger partial charge < -0.3 is 10.3 Å². The molecule has 0 amide bonds. The van der Waals surface area contributed by atoms with Gasteiger partial charge >= 0.3 is 0 Å². The Balaban J connectivity index is 2.22.